The van der Waals surface area contributed by atoms with Gasteiger partial charge in [0.1, 0.15) is 11.4 Å². The lowest BCUT2D eigenvalue weighted by atomic mass is 10.2. The number of para-hydroxylation sites is 1. The monoisotopic (exact) mass is 275 g/mol. The van der Waals surface area contributed by atoms with Gasteiger partial charge in [0.15, 0.2) is 0 Å². The van der Waals surface area contributed by atoms with Gasteiger partial charge in [-0.1, -0.05) is 12.1 Å². The number of non-ortho nitro benzene ring substituents is 1. The summed E-state index contributed by atoms with van der Waals surface area (Å²) in [6.07, 6.45) is 0. The van der Waals surface area contributed by atoms with Crippen LogP contribution in [0.4, 0.5) is 17.1 Å². The standard InChI is InChI=1S/C12H9N3O5/c13-10-5-2-6-11(12(10)15(18)19)20-9-4-1-3-8(7-9)14(16)17/h1-7H,13H2. The topological polar surface area (TPSA) is 122 Å². The molecule has 2 aromatic rings. The van der Waals surface area contributed by atoms with E-state index in [2.05, 4.69) is 0 Å². The number of ether oxygens (including phenoxy) is 1. The van der Waals surface area contributed by atoms with Crippen LogP contribution < -0.4 is 10.5 Å². The van der Waals surface area contributed by atoms with E-state index in [9.17, 15) is 20.2 Å². The summed E-state index contributed by atoms with van der Waals surface area (Å²) in [4.78, 5) is 20.4. The molecule has 0 atom stereocenters. The van der Waals surface area contributed by atoms with Crippen molar-refractivity contribution in [3.8, 4) is 11.5 Å². The van der Waals surface area contributed by atoms with Crippen molar-refractivity contribution in [2.75, 3.05) is 5.73 Å². The molecule has 0 aliphatic rings. The van der Waals surface area contributed by atoms with E-state index in [0.717, 1.165) is 0 Å². The lowest BCUT2D eigenvalue weighted by Gasteiger charge is -2.07. The molecule has 8 nitrogen and oxygen atoms in total. The predicted octanol–water partition coefficient (Wildman–Crippen LogP) is 2.88. The van der Waals surface area contributed by atoms with Crippen LogP contribution in [0, 0.1) is 20.2 Å². The smallest absolute Gasteiger partial charge is 0.334 e. The Balaban J connectivity index is 2.40. The molecule has 0 unspecified atom stereocenters. The van der Waals surface area contributed by atoms with Crippen molar-refractivity contribution < 1.29 is 14.6 Å². The van der Waals surface area contributed by atoms with E-state index in [1.54, 1.807) is 0 Å². The molecule has 8 heteroatoms. The van der Waals surface area contributed by atoms with Gasteiger partial charge in [-0.05, 0) is 18.2 Å². The molecule has 2 N–H and O–H groups in total. The number of nitrogens with zero attached hydrogens (tertiary/aromatic N) is 2. The Labute approximate surface area is 112 Å². The van der Waals surface area contributed by atoms with Gasteiger partial charge < -0.3 is 10.5 Å². The molecule has 0 saturated carbocycles. The van der Waals surface area contributed by atoms with Crippen molar-refractivity contribution in [1.82, 2.24) is 0 Å². The van der Waals surface area contributed by atoms with Crippen molar-refractivity contribution in [2.45, 2.75) is 0 Å². The molecule has 2 aromatic carbocycles. The molecule has 0 saturated heterocycles. The van der Waals surface area contributed by atoms with Crippen LogP contribution in [0.15, 0.2) is 42.5 Å². The van der Waals surface area contributed by atoms with E-state index in [0.29, 0.717) is 0 Å². The van der Waals surface area contributed by atoms with Gasteiger partial charge in [-0.2, -0.15) is 0 Å². The van der Waals surface area contributed by atoms with Gasteiger partial charge >= 0.3 is 5.69 Å². The zero-order valence-electron chi connectivity index (χ0n) is 10.1. The predicted molar refractivity (Wildman–Crippen MR) is 70.7 cm³/mol. The molecule has 2 rings (SSSR count). The van der Waals surface area contributed by atoms with E-state index >= 15 is 0 Å². The second-order valence-corrected chi connectivity index (χ2v) is 3.81. The molecule has 0 aliphatic carbocycles. The number of anilines is 1. The summed E-state index contributed by atoms with van der Waals surface area (Å²) < 4.78 is 5.32. The molecule has 0 amide bonds. The number of nitrogens with two attached hydrogens (primary N) is 1. The maximum absolute atomic E-state index is 10.9. The number of benzene rings is 2. The van der Waals surface area contributed by atoms with E-state index in [-0.39, 0.29) is 28.6 Å². The highest BCUT2D eigenvalue weighted by Crippen LogP contribution is 2.36. The second-order valence-electron chi connectivity index (χ2n) is 3.81. The highest BCUT2D eigenvalue weighted by atomic mass is 16.6. The van der Waals surface area contributed by atoms with Gasteiger partial charge in [-0.3, -0.25) is 20.2 Å². The molecular weight excluding hydrogens is 266 g/mol. The highest BCUT2D eigenvalue weighted by Gasteiger charge is 2.20. The van der Waals surface area contributed by atoms with E-state index in [4.69, 9.17) is 10.5 Å². The number of nitrogen functional groups attached to an aromatic ring is 1. The fourth-order valence-corrected chi connectivity index (χ4v) is 1.60. The molecule has 0 bridgehead atoms. The molecular formula is C12H9N3O5. The van der Waals surface area contributed by atoms with Crippen molar-refractivity contribution >= 4 is 17.1 Å². The van der Waals surface area contributed by atoms with Crippen LogP contribution in [0.1, 0.15) is 0 Å². The first-order valence-electron chi connectivity index (χ1n) is 5.44. The minimum atomic E-state index is -0.665. The number of hydrogen-bond acceptors (Lipinski definition) is 6. The maximum atomic E-state index is 10.9. The summed E-state index contributed by atoms with van der Waals surface area (Å²) in [6, 6.07) is 9.58. The number of rotatable bonds is 4. The Hall–Kier alpha value is -3.16. The highest BCUT2D eigenvalue weighted by molar-refractivity contribution is 5.66. The van der Waals surface area contributed by atoms with Crippen LogP contribution in [0.3, 0.4) is 0 Å². The van der Waals surface area contributed by atoms with Gasteiger partial charge in [0.2, 0.25) is 5.75 Å². The number of nitro groups is 2. The fourth-order valence-electron chi connectivity index (χ4n) is 1.60. The first-order valence-corrected chi connectivity index (χ1v) is 5.44. The Morgan fingerprint density at radius 2 is 1.70 bits per heavy atom. The fraction of sp³-hybridized carbons (Fsp3) is 0. The zero-order chi connectivity index (χ0) is 14.7. The van der Waals surface area contributed by atoms with Gasteiger partial charge in [0.25, 0.3) is 5.69 Å². The summed E-state index contributed by atoms with van der Waals surface area (Å²) in [5, 5.41) is 21.6. The van der Waals surface area contributed by atoms with Crippen molar-refractivity contribution in [3.05, 3.63) is 62.7 Å². The summed E-state index contributed by atoms with van der Waals surface area (Å²) in [5.41, 5.74) is 4.93. The molecule has 0 spiro atoms. The van der Waals surface area contributed by atoms with E-state index < -0.39 is 9.85 Å². The van der Waals surface area contributed by atoms with Crippen LogP contribution in [0.25, 0.3) is 0 Å². The number of nitro benzene ring substituents is 2. The molecule has 0 heterocycles. The van der Waals surface area contributed by atoms with Crippen LogP contribution in [0.2, 0.25) is 0 Å². The Morgan fingerprint density at radius 1 is 1.00 bits per heavy atom. The summed E-state index contributed by atoms with van der Waals surface area (Å²) in [5.74, 6) is 0.0448. The van der Waals surface area contributed by atoms with Crippen molar-refractivity contribution in [2.24, 2.45) is 0 Å². The third kappa shape index (κ3) is 2.64. The molecule has 102 valence electrons. The van der Waals surface area contributed by atoms with Crippen LogP contribution in [-0.2, 0) is 0 Å². The average Bonchev–Trinajstić information content (AvgIpc) is 2.38. The minimum absolute atomic E-state index is 0.0436. The molecule has 0 aliphatic heterocycles. The van der Waals surface area contributed by atoms with Crippen LogP contribution >= 0.6 is 0 Å². The number of hydrogen-bond donors (Lipinski definition) is 1. The Bertz CT molecular complexity index is 687. The zero-order valence-corrected chi connectivity index (χ0v) is 10.1. The normalized spacial score (nSPS) is 10.0. The van der Waals surface area contributed by atoms with Crippen LogP contribution in [-0.4, -0.2) is 9.85 Å². The van der Waals surface area contributed by atoms with E-state index in [1.165, 1.54) is 42.5 Å². The van der Waals surface area contributed by atoms with Gasteiger partial charge in [-0.25, -0.2) is 0 Å². The second kappa shape index (κ2) is 5.22. The summed E-state index contributed by atoms with van der Waals surface area (Å²) >= 11 is 0. The third-order valence-corrected chi connectivity index (χ3v) is 2.47. The average molecular weight is 275 g/mol. The first-order chi connectivity index (χ1) is 9.49. The summed E-state index contributed by atoms with van der Waals surface area (Å²) in [6.45, 7) is 0. The van der Waals surface area contributed by atoms with Gasteiger partial charge in [-0.15, -0.1) is 0 Å². The Kier molecular flexibility index (Phi) is 3.47. The molecule has 0 aromatic heterocycles. The SMILES string of the molecule is Nc1cccc(Oc2cccc([N+](=O)[O-])c2)c1[N+](=O)[O-]. The first kappa shape index (κ1) is 13.3. The molecule has 0 radical (unpaired) electrons. The van der Waals surface area contributed by atoms with Crippen LogP contribution in [0.5, 0.6) is 11.5 Å². The lowest BCUT2D eigenvalue weighted by molar-refractivity contribution is -0.385. The van der Waals surface area contributed by atoms with Gasteiger partial charge in [0.05, 0.1) is 15.9 Å². The third-order valence-electron chi connectivity index (χ3n) is 2.47. The largest absolute Gasteiger partial charge is 0.450 e. The summed E-state index contributed by atoms with van der Waals surface area (Å²) in [7, 11) is 0. The molecule has 0 fully saturated rings. The van der Waals surface area contributed by atoms with Crippen molar-refractivity contribution in [3.63, 3.8) is 0 Å². The Morgan fingerprint density at radius 3 is 2.35 bits per heavy atom. The quantitative estimate of drug-likeness (QED) is 0.520. The molecule has 20 heavy (non-hydrogen) atoms. The van der Waals surface area contributed by atoms with Gasteiger partial charge in [0, 0.05) is 6.07 Å². The van der Waals surface area contributed by atoms with E-state index in [1.807, 2.05) is 0 Å². The maximum Gasteiger partial charge on any atom is 0.334 e. The lowest BCUT2D eigenvalue weighted by Crippen LogP contribution is -1.98. The minimum Gasteiger partial charge on any atom is -0.450 e. The van der Waals surface area contributed by atoms with Crippen molar-refractivity contribution in [1.29, 1.82) is 0 Å².